The van der Waals surface area contributed by atoms with Crippen LogP contribution in [0.4, 0.5) is 17.1 Å². The zero-order chi connectivity index (χ0) is 32.3. The van der Waals surface area contributed by atoms with E-state index >= 15 is 0 Å². The van der Waals surface area contributed by atoms with Gasteiger partial charge in [-0.3, -0.25) is 0 Å². The molecular weight excluding hydrogens is 595 g/mol. The lowest BCUT2D eigenvalue weighted by molar-refractivity contribution is 0.659. The Hall–Kier alpha value is -6.11. The van der Waals surface area contributed by atoms with Gasteiger partial charge in [-0.2, -0.15) is 5.26 Å². The number of para-hydroxylation sites is 2. The predicted octanol–water partition coefficient (Wildman–Crippen LogP) is 10.1. The minimum Gasteiger partial charge on any atom is -0.376 e. The summed E-state index contributed by atoms with van der Waals surface area (Å²) in [5, 5.41) is 13.2. The first-order valence-electron chi connectivity index (χ1n) is 17.2. The Bertz CT molecular complexity index is 2470. The third-order valence-corrected chi connectivity index (χ3v) is 11.6. The molecule has 49 heavy (non-hydrogen) atoms. The first-order valence-corrected chi connectivity index (χ1v) is 17.2. The predicted molar refractivity (Wildman–Crippen MR) is 198 cm³/mol. The molecule has 0 saturated heterocycles. The molecule has 5 aliphatic rings. The van der Waals surface area contributed by atoms with Gasteiger partial charge in [-0.15, -0.1) is 0 Å². The minimum atomic E-state index is 0.00269. The molecule has 4 atom stereocenters. The highest BCUT2D eigenvalue weighted by molar-refractivity contribution is 6.06. The number of nitrogens with zero attached hydrogens (tertiary/aromatic N) is 2. The molecule has 3 nitrogen and oxygen atoms in total. The average molecular weight is 626 g/mol. The Morgan fingerprint density at radius 2 is 1.39 bits per heavy atom. The van der Waals surface area contributed by atoms with Crippen LogP contribution in [0.1, 0.15) is 22.3 Å². The van der Waals surface area contributed by atoms with E-state index in [-0.39, 0.29) is 11.0 Å². The van der Waals surface area contributed by atoms with E-state index in [0.29, 0.717) is 17.5 Å². The maximum Gasteiger partial charge on any atom is 0.0991 e. The molecule has 0 aromatic heterocycles. The molecule has 2 fully saturated rings. The van der Waals surface area contributed by atoms with Crippen LogP contribution in [0, 0.1) is 17.2 Å². The largest absolute Gasteiger partial charge is 0.376 e. The number of hydrogen-bond donors (Lipinski definition) is 1. The third kappa shape index (κ3) is 3.72. The highest BCUT2D eigenvalue weighted by Gasteiger charge is 2.78. The quantitative estimate of drug-likeness (QED) is 0.180. The van der Waals surface area contributed by atoms with E-state index in [0.717, 1.165) is 12.0 Å². The van der Waals surface area contributed by atoms with Crippen molar-refractivity contribution in [1.82, 2.24) is 0 Å². The molecule has 2 saturated carbocycles. The van der Waals surface area contributed by atoms with Gasteiger partial charge in [-0.1, -0.05) is 109 Å². The van der Waals surface area contributed by atoms with E-state index in [1.807, 2.05) is 24.3 Å². The molecule has 230 valence electrons. The molecule has 0 radical (unpaired) electrons. The Morgan fingerprint density at radius 3 is 2.16 bits per heavy atom. The summed E-state index contributed by atoms with van der Waals surface area (Å²) < 4.78 is 0. The lowest BCUT2D eigenvalue weighted by atomic mass is 9.92. The lowest BCUT2D eigenvalue weighted by Gasteiger charge is -2.31. The smallest absolute Gasteiger partial charge is 0.0991 e. The van der Waals surface area contributed by atoms with Crippen molar-refractivity contribution < 1.29 is 0 Å². The van der Waals surface area contributed by atoms with Gasteiger partial charge < -0.3 is 10.2 Å². The van der Waals surface area contributed by atoms with Crippen LogP contribution in [0.25, 0.3) is 27.8 Å². The number of hydrogen-bond acceptors (Lipinski definition) is 3. The lowest BCUT2D eigenvalue weighted by Crippen LogP contribution is -2.35. The number of benzene rings is 6. The van der Waals surface area contributed by atoms with Gasteiger partial charge in [0.1, 0.15) is 0 Å². The Kier molecular flexibility index (Phi) is 5.21. The molecular formula is C46H31N3. The number of nitrogens with one attached hydrogen (secondary N) is 1. The molecule has 1 spiro atoms. The van der Waals surface area contributed by atoms with E-state index in [2.05, 4.69) is 150 Å². The molecule has 6 aromatic rings. The van der Waals surface area contributed by atoms with Crippen molar-refractivity contribution in [1.29, 1.82) is 5.26 Å². The molecule has 11 rings (SSSR count). The van der Waals surface area contributed by atoms with Crippen LogP contribution in [0.3, 0.4) is 0 Å². The highest BCUT2D eigenvalue weighted by atomic mass is 15.3. The Morgan fingerprint density at radius 1 is 0.673 bits per heavy atom. The van der Waals surface area contributed by atoms with Gasteiger partial charge >= 0.3 is 0 Å². The second-order valence-corrected chi connectivity index (χ2v) is 14.1. The zero-order valence-electron chi connectivity index (χ0n) is 26.8. The van der Waals surface area contributed by atoms with Crippen LogP contribution in [0.2, 0.25) is 0 Å². The van der Waals surface area contributed by atoms with Crippen LogP contribution in [-0.4, -0.2) is 11.6 Å². The average Bonchev–Trinajstić information content (AvgIpc) is 4.10. The van der Waals surface area contributed by atoms with Gasteiger partial charge in [-0.25, -0.2) is 0 Å². The van der Waals surface area contributed by atoms with Gasteiger partial charge in [-0.05, 0) is 98.6 Å². The van der Waals surface area contributed by atoms with E-state index in [1.54, 1.807) is 5.57 Å². The molecule has 6 aromatic carbocycles. The van der Waals surface area contributed by atoms with Gasteiger partial charge in [0.05, 0.1) is 28.6 Å². The molecule has 3 heteroatoms. The molecule has 0 amide bonds. The van der Waals surface area contributed by atoms with Gasteiger partial charge in [0.15, 0.2) is 0 Å². The van der Waals surface area contributed by atoms with Crippen molar-refractivity contribution in [3.63, 3.8) is 0 Å². The maximum atomic E-state index is 9.22. The fourth-order valence-corrected chi connectivity index (χ4v) is 8.96. The normalized spacial score (nSPS) is 24.4. The van der Waals surface area contributed by atoms with Crippen LogP contribution in [0.5, 0.6) is 0 Å². The van der Waals surface area contributed by atoms with E-state index in [4.69, 9.17) is 0 Å². The van der Waals surface area contributed by atoms with Gasteiger partial charge in [0, 0.05) is 35.0 Å². The monoisotopic (exact) mass is 625 g/mol. The van der Waals surface area contributed by atoms with Gasteiger partial charge in [0.25, 0.3) is 0 Å². The summed E-state index contributed by atoms with van der Waals surface area (Å²) in [5.74, 6) is 0.510. The Balaban J connectivity index is 0.908. The fraction of sp³-hybridized carbons (Fsp3) is 0.109. The molecule has 4 aliphatic carbocycles. The van der Waals surface area contributed by atoms with E-state index < -0.39 is 0 Å². The van der Waals surface area contributed by atoms with Crippen molar-refractivity contribution in [3.8, 4) is 28.3 Å². The molecule has 0 bridgehead atoms. The number of fused-ring (bicyclic) bond motifs is 5. The second-order valence-electron chi connectivity index (χ2n) is 14.1. The Labute approximate surface area is 286 Å². The maximum absolute atomic E-state index is 9.22. The van der Waals surface area contributed by atoms with Crippen molar-refractivity contribution in [2.75, 3.05) is 10.2 Å². The summed E-state index contributed by atoms with van der Waals surface area (Å²) in [7, 11) is 0. The molecule has 2 unspecified atom stereocenters. The van der Waals surface area contributed by atoms with Crippen LogP contribution >= 0.6 is 0 Å². The van der Waals surface area contributed by atoms with E-state index in [9.17, 15) is 5.26 Å². The van der Waals surface area contributed by atoms with Crippen LogP contribution < -0.4 is 10.2 Å². The second kappa shape index (κ2) is 9.49. The summed E-state index contributed by atoms with van der Waals surface area (Å²) in [5.41, 5.74) is 18.2. The molecule has 1 N–H and O–H groups in total. The van der Waals surface area contributed by atoms with Gasteiger partial charge in [0.2, 0.25) is 0 Å². The van der Waals surface area contributed by atoms with Crippen molar-refractivity contribution in [2.24, 2.45) is 5.92 Å². The zero-order valence-corrected chi connectivity index (χ0v) is 26.8. The van der Waals surface area contributed by atoms with Crippen LogP contribution in [-0.2, 0) is 11.8 Å². The summed E-state index contributed by atoms with van der Waals surface area (Å²) >= 11 is 0. The summed E-state index contributed by atoms with van der Waals surface area (Å²) in [6.45, 7) is 0. The first kappa shape index (κ1) is 26.9. The highest BCUT2D eigenvalue weighted by Crippen LogP contribution is 2.80. The van der Waals surface area contributed by atoms with E-state index in [1.165, 1.54) is 61.6 Å². The SMILES string of the molecule is N#Cc1ccc(-c2cccc([C@@]34C=C3C4Nc3ccc(C4=C5[C@H]4C54Cc5ccccc5N4c4ccccc4)cc3-c3ccccc3)c2)cc1. The van der Waals surface area contributed by atoms with Crippen molar-refractivity contribution in [2.45, 2.75) is 23.4 Å². The number of anilines is 3. The van der Waals surface area contributed by atoms with Crippen molar-refractivity contribution >= 4 is 22.6 Å². The van der Waals surface area contributed by atoms with Crippen LogP contribution in [0.15, 0.2) is 169 Å². The standard InChI is InChI=1S/C46H31N3/c47-28-29-18-20-30(21-19-29)32-13-9-14-35(24-32)45-27-38(45)44(45)48-39-23-22-33(25-37(39)31-10-3-1-4-11-31)41-42-43(41)46(42)26-34-12-7-8-17-40(34)49(46)36-15-5-2-6-16-36/h1-25,27,42,44,48H,26H2/t42-,44?,45-,46?/m0/s1. The number of nitriles is 1. The van der Waals surface area contributed by atoms with Crippen molar-refractivity contribution in [3.05, 3.63) is 191 Å². The molecule has 1 aliphatic heterocycles. The molecule has 1 heterocycles. The third-order valence-electron chi connectivity index (χ3n) is 11.6. The fourth-order valence-electron chi connectivity index (χ4n) is 8.96. The summed E-state index contributed by atoms with van der Waals surface area (Å²) in [6.07, 6.45) is 3.49. The minimum absolute atomic E-state index is 0.00269. The number of rotatable bonds is 7. The first-order chi connectivity index (χ1) is 24.2. The summed E-state index contributed by atoms with van der Waals surface area (Å²) in [4.78, 5) is 2.61. The topological polar surface area (TPSA) is 39.1 Å². The summed E-state index contributed by atoms with van der Waals surface area (Å²) in [6, 6.07) is 57.0.